The number of halogens is 1. The van der Waals surface area contributed by atoms with Gasteiger partial charge in [0, 0.05) is 29.1 Å². The number of carbonyl (C=O) groups excluding carboxylic acids is 1. The Hall–Kier alpha value is -2.52. The van der Waals surface area contributed by atoms with E-state index in [0.29, 0.717) is 18.0 Å². The minimum absolute atomic E-state index is 0.414. The van der Waals surface area contributed by atoms with Crippen LogP contribution in [-0.4, -0.2) is 13.4 Å². The van der Waals surface area contributed by atoms with Crippen LogP contribution in [0.25, 0.3) is 10.8 Å². The zero-order chi connectivity index (χ0) is 20.9. The molecule has 28 heavy (non-hydrogen) atoms. The molecule has 0 aliphatic carbocycles. The number of carbonyl (C=O) groups is 1. The van der Waals surface area contributed by atoms with Crippen molar-refractivity contribution in [2.24, 2.45) is 0 Å². The van der Waals surface area contributed by atoms with Gasteiger partial charge in [-0.05, 0) is 34.7 Å². The van der Waals surface area contributed by atoms with E-state index in [2.05, 4.69) is 5.32 Å². The lowest BCUT2D eigenvalue weighted by molar-refractivity contribution is 0.112. The number of fused-ring (bicyclic) bond motifs is 1. The van der Waals surface area contributed by atoms with Gasteiger partial charge in [-0.1, -0.05) is 64.1 Å². The molecule has 0 bridgehead atoms. The van der Waals surface area contributed by atoms with E-state index in [1.54, 1.807) is 7.11 Å². The molecule has 3 rings (SSSR count). The van der Waals surface area contributed by atoms with Crippen LogP contribution in [0.5, 0.6) is 5.75 Å². The van der Waals surface area contributed by atoms with Crippen LogP contribution in [0.4, 0.5) is 5.69 Å². The molecule has 1 N–H and O–H groups in total. The molecule has 0 atom stereocenters. The standard InChI is InChI=1S/C20H18ClNO2.2C2H6/c1-24-17-8-5-14(6-9-17)12-22-19-10-7-15(11-21)18-4-2-3-16(13-23)20(18)19;2*1-2/h2-10,13,22H,11-12H2,1H3;2*1-2H3. The first kappa shape index (κ1) is 23.5. The number of anilines is 1. The van der Waals surface area contributed by atoms with Crippen molar-refractivity contribution in [3.05, 3.63) is 71.3 Å². The van der Waals surface area contributed by atoms with Crippen LogP contribution in [0, 0.1) is 0 Å². The van der Waals surface area contributed by atoms with Crippen LogP contribution in [0.15, 0.2) is 54.6 Å². The Labute approximate surface area is 173 Å². The largest absolute Gasteiger partial charge is 0.497 e. The number of hydrogen-bond acceptors (Lipinski definition) is 3. The Morgan fingerprint density at radius 1 is 0.964 bits per heavy atom. The molecular weight excluding hydrogens is 370 g/mol. The van der Waals surface area contributed by atoms with Crippen molar-refractivity contribution < 1.29 is 9.53 Å². The van der Waals surface area contributed by atoms with Gasteiger partial charge in [-0.3, -0.25) is 4.79 Å². The van der Waals surface area contributed by atoms with Crippen molar-refractivity contribution in [1.29, 1.82) is 0 Å². The average molecular weight is 400 g/mol. The van der Waals surface area contributed by atoms with Gasteiger partial charge in [-0.2, -0.15) is 0 Å². The maximum atomic E-state index is 11.4. The van der Waals surface area contributed by atoms with Gasteiger partial charge in [0.2, 0.25) is 0 Å². The molecule has 3 aromatic carbocycles. The van der Waals surface area contributed by atoms with E-state index < -0.39 is 0 Å². The molecule has 0 spiro atoms. The zero-order valence-corrected chi connectivity index (χ0v) is 18.1. The van der Waals surface area contributed by atoms with Gasteiger partial charge in [0.25, 0.3) is 0 Å². The SMILES string of the molecule is CC.CC.COc1ccc(CNc2ccc(CCl)c3cccc(C=O)c23)cc1. The highest BCUT2D eigenvalue weighted by molar-refractivity contribution is 6.18. The molecular formula is C24H30ClNO2. The highest BCUT2D eigenvalue weighted by Crippen LogP contribution is 2.30. The lowest BCUT2D eigenvalue weighted by atomic mass is 9.99. The predicted molar refractivity (Wildman–Crippen MR) is 122 cm³/mol. The van der Waals surface area contributed by atoms with Gasteiger partial charge in [0.05, 0.1) is 7.11 Å². The molecule has 0 unspecified atom stereocenters. The summed E-state index contributed by atoms with van der Waals surface area (Å²) in [6, 6.07) is 17.6. The van der Waals surface area contributed by atoms with Crippen molar-refractivity contribution in [3.63, 3.8) is 0 Å². The summed E-state index contributed by atoms with van der Waals surface area (Å²) in [5.41, 5.74) is 3.74. The van der Waals surface area contributed by atoms with Gasteiger partial charge >= 0.3 is 0 Å². The Morgan fingerprint density at radius 3 is 2.21 bits per heavy atom. The summed E-state index contributed by atoms with van der Waals surface area (Å²) >= 11 is 6.03. The van der Waals surface area contributed by atoms with Crippen LogP contribution in [0.1, 0.15) is 49.2 Å². The summed E-state index contributed by atoms with van der Waals surface area (Å²) in [7, 11) is 1.65. The number of aldehydes is 1. The van der Waals surface area contributed by atoms with Crippen LogP contribution < -0.4 is 10.1 Å². The smallest absolute Gasteiger partial charge is 0.150 e. The van der Waals surface area contributed by atoms with Gasteiger partial charge < -0.3 is 10.1 Å². The zero-order valence-electron chi connectivity index (χ0n) is 17.4. The van der Waals surface area contributed by atoms with Gasteiger partial charge in [-0.15, -0.1) is 11.6 Å². The Kier molecular flexibility index (Phi) is 10.7. The molecule has 0 heterocycles. The maximum Gasteiger partial charge on any atom is 0.150 e. The summed E-state index contributed by atoms with van der Waals surface area (Å²) < 4.78 is 5.17. The van der Waals surface area contributed by atoms with Crippen LogP contribution in [-0.2, 0) is 12.4 Å². The summed E-state index contributed by atoms with van der Waals surface area (Å²) in [4.78, 5) is 11.4. The minimum Gasteiger partial charge on any atom is -0.497 e. The van der Waals surface area contributed by atoms with E-state index in [-0.39, 0.29) is 0 Å². The molecule has 0 amide bonds. The highest BCUT2D eigenvalue weighted by Gasteiger charge is 2.09. The fourth-order valence-electron chi connectivity index (χ4n) is 2.80. The molecule has 150 valence electrons. The van der Waals surface area contributed by atoms with Crippen LogP contribution in [0.3, 0.4) is 0 Å². The average Bonchev–Trinajstić information content (AvgIpc) is 2.80. The van der Waals surface area contributed by atoms with Gasteiger partial charge in [0.15, 0.2) is 6.29 Å². The normalized spacial score (nSPS) is 9.50. The fraction of sp³-hybridized carbons (Fsp3) is 0.292. The monoisotopic (exact) mass is 399 g/mol. The van der Waals surface area contributed by atoms with Crippen LogP contribution >= 0.6 is 11.6 Å². The number of benzene rings is 3. The Bertz CT molecular complexity index is 860. The number of methoxy groups -OCH3 is 1. The van der Waals surface area contributed by atoms with Crippen molar-refractivity contribution in [2.75, 3.05) is 12.4 Å². The maximum absolute atomic E-state index is 11.4. The van der Waals surface area contributed by atoms with Crippen molar-refractivity contribution in [2.45, 2.75) is 40.1 Å². The summed E-state index contributed by atoms with van der Waals surface area (Å²) in [5.74, 6) is 1.25. The Morgan fingerprint density at radius 2 is 1.64 bits per heavy atom. The molecule has 0 fully saturated rings. The molecule has 0 saturated carbocycles. The molecule has 0 aliphatic rings. The number of hydrogen-bond donors (Lipinski definition) is 1. The number of nitrogens with one attached hydrogen (secondary N) is 1. The summed E-state index contributed by atoms with van der Waals surface area (Å²) in [5, 5.41) is 5.35. The first-order valence-corrected chi connectivity index (χ1v) is 10.2. The lowest BCUT2D eigenvalue weighted by Gasteiger charge is -2.14. The van der Waals surface area contributed by atoms with E-state index in [1.165, 1.54) is 0 Å². The second kappa shape index (κ2) is 12.8. The third kappa shape index (κ3) is 5.74. The third-order valence-electron chi connectivity index (χ3n) is 4.08. The summed E-state index contributed by atoms with van der Waals surface area (Å²) in [6.45, 7) is 8.66. The highest BCUT2D eigenvalue weighted by atomic mass is 35.5. The van der Waals surface area contributed by atoms with E-state index in [0.717, 1.165) is 39.6 Å². The predicted octanol–water partition coefficient (Wildman–Crippen LogP) is 7.06. The third-order valence-corrected chi connectivity index (χ3v) is 4.36. The second-order valence-corrected chi connectivity index (χ2v) is 5.76. The van der Waals surface area contributed by atoms with E-state index >= 15 is 0 Å². The second-order valence-electron chi connectivity index (χ2n) is 5.50. The number of ether oxygens (including phenoxy) is 1. The molecule has 0 aromatic heterocycles. The van der Waals surface area contributed by atoms with Crippen molar-refractivity contribution in [3.8, 4) is 5.75 Å². The molecule has 3 aromatic rings. The van der Waals surface area contributed by atoms with Crippen LogP contribution in [0.2, 0.25) is 0 Å². The van der Waals surface area contributed by atoms with Gasteiger partial charge in [-0.25, -0.2) is 0 Å². The molecule has 0 saturated heterocycles. The molecule has 4 heteroatoms. The van der Waals surface area contributed by atoms with Crippen molar-refractivity contribution in [1.82, 2.24) is 0 Å². The van der Waals surface area contributed by atoms with E-state index in [4.69, 9.17) is 16.3 Å². The lowest BCUT2D eigenvalue weighted by Crippen LogP contribution is -2.02. The Balaban J connectivity index is 0.000000921. The van der Waals surface area contributed by atoms with E-state index in [9.17, 15) is 4.79 Å². The minimum atomic E-state index is 0.414. The molecule has 0 radical (unpaired) electrons. The number of rotatable bonds is 6. The molecule has 3 nitrogen and oxygen atoms in total. The number of alkyl halides is 1. The fourth-order valence-corrected chi connectivity index (χ4v) is 3.03. The van der Waals surface area contributed by atoms with E-state index in [1.807, 2.05) is 82.3 Å². The molecule has 0 aliphatic heterocycles. The first-order valence-electron chi connectivity index (χ1n) is 9.69. The van der Waals surface area contributed by atoms with Crippen molar-refractivity contribution >= 4 is 34.3 Å². The first-order chi connectivity index (χ1) is 13.8. The topological polar surface area (TPSA) is 38.3 Å². The summed E-state index contributed by atoms with van der Waals surface area (Å²) in [6.07, 6.45) is 0.888. The van der Waals surface area contributed by atoms with Gasteiger partial charge in [0.1, 0.15) is 5.75 Å². The quantitative estimate of drug-likeness (QED) is 0.356.